The van der Waals surface area contributed by atoms with Crippen molar-refractivity contribution in [3.63, 3.8) is 0 Å². The highest BCUT2D eigenvalue weighted by Crippen LogP contribution is 2.25. The van der Waals surface area contributed by atoms with Crippen LogP contribution >= 0.6 is 0 Å². The Balaban J connectivity index is 2.27. The van der Waals surface area contributed by atoms with E-state index in [4.69, 9.17) is 10.3 Å². The van der Waals surface area contributed by atoms with Crippen molar-refractivity contribution < 1.29 is 4.42 Å². The maximum atomic E-state index is 5.67. The van der Waals surface area contributed by atoms with Crippen molar-refractivity contribution in [3.05, 3.63) is 41.6 Å². The highest BCUT2D eigenvalue weighted by Gasteiger charge is 2.19. The van der Waals surface area contributed by atoms with Gasteiger partial charge >= 0.3 is 0 Å². The molecule has 2 aromatic rings. The van der Waals surface area contributed by atoms with E-state index in [0.717, 1.165) is 36.3 Å². The number of furan rings is 1. The SMILES string of the molecule is CCCn1cc(C(NN)c2ccoc2CC)cn1. The lowest BCUT2D eigenvalue weighted by atomic mass is 10.0. The molecule has 0 aliphatic carbocycles. The minimum Gasteiger partial charge on any atom is -0.469 e. The smallest absolute Gasteiger partial charge is 0.108 e. The summed E-state index contributed by atoms with van der Waals surface area (Å²) in [5.41, 5.74) is 4.97. The predicted molar refractivity (Wildman–Crippen MR) is 69.8 cm³/mol. The van der Waals surface area contributed by atoms with Crippen LogP contribution < -0.4 is 11.3 Å². The molecule has 0 spiro atoms. The molecule has 0 radical (unpaired) electrons. The van der Waals surface area contributed by atoms with Gasteiger partial charge in [0.15, 0.2) is 0 Å². The summed E-state index contributed by atoms with van der Waals surface area (Å²) >= 11 is 0. The molecule has 0 aliphatic rings. The number of nitrogens with zero attached hydrogens (tertiary/aromatic N) is 2. The lowest BCUT2D eigenvalue weighted by molar-refractivity contribution is 0.502. The third kappa shape index (κ3) is 2.47. The Bertz CT molecular complexity index is 489. The molecule has 0 saturated heterocycles. The fraction of sp³-hybridized carbons (Fsp3) is 0.462. The van der Waals surface area contributed by atoms with Crippen LogP contribution in [0.25, 0.3) is 0 Å². The number of hydrogen-bond acceptors (Lipinski definition) is 4. The normalized spacial score (nSPS) is 12.8. The first kappa shape index (κ1) is 12.9. The second kappa shape index (κ2) is 5.84. The van der Waals surface area contributed by atoms with Crippen LogP contribution in [0.3, 0.4) is 0 Å². The zero-order valence-electron chi connectivity index (χ0n) is 10.9. The average molecular weight is 248 g/mol. The number of hydrazine groups is 1. The van der Waals surface area contributed by atoms with E-state index in [2.05, 4.69) is 24.4 Å². The quantitative estimate of drug-likeness (QED) is 0.606. The number of aromatic nitrogens is 2. The molecule has 1 unspecified atom stereocenters. The molecule has 0 saturated carbocycles. The average Bonchev–Trinajstić information content (AvgIpc) is 3.00. The summed E-state index contributed by atoms with van der Waals surface area (Å²) in [6.45, 7) is 5.12. The largest absolute Gasteiger partial charge is 0.469 e. The van der Waals surface area contributed by atoms with Gasteiger partial charge in [-0.3, -0.25) is 10.5 Å². The monoisotopic (exact) mass is 248 g/mol. The number of rotatable bonds is 6. The predicted octanol–water partition coefficient (Wildman–Crippen LogP) is 2.00. The first-order valence-corrected chi connectivity index (χ1v) is 6.34. The van der Waals surface area contributed by atoms with Crippen molar-refractivity contribution in [3.8, 4) is 0 Å². The second-order valence-electron chi connectivity index (χ2n) is 4.29. The zero-order valence-corrected chi connectivity index (χ0v) is 10.9. The summed E-state index contributed by atoms with van der Waals surface area (Å²) in [6, 6.07) is 1.89. The summed E-state index contributed by atoms with van der Waals surface area (Å²) in [4.78, 5) is 0. The second-order valence-corrected chi connectivity index (χ2v) is 4.29. The summed E-state index contributed by atoms with van der Waals surface area (Å²) < 4.78 is 7.39. The van der Waals surface area contributed by atoms with Crippen molar-refractivity contribution in [2.45, 2.75) is 39.3 Å². The van der Waals surface area contributed by atoms with Crippen LogP contribution in [0.4, 0.5) is 0 Å². The van der Waals surface area contributed by atoms with Crippen LogP contribution in [0.1, 0.15) is 43.2 Å². The standard InChI is InChI=1S/C13H20N4O/c1-3-6-17-9-10(8-15-17)13(16-14)11-5-7-18-12(11)4-2/h5,7-9,13,16H,3-4,6,14H2,1-2H3. The lowest BCUT2D eigenvalue weighted by Crippen LogP contribution is -2.28. The van der Waals surface area contributed by atoms with E-state index in [1.807, 2.05) is 23.1 Å². The van der Waals surface area contributed by atoms with Crippen LogP contribution in [-0.4, -0.2) is 9.78 Å². The molecule has 5 nitrogen and oxygen atoms in total. The Hall–Kier alpha value is -1.59. The van der Waals surface area contributed by atoms with Crippen molar-refractivity contribution in [1.29, 1.82) is 0 Å². The van der Waals surface area contributed by atoms with Crippen molar-refractivity contribution in [2.75, 3.05) is 0 Å². The van der Waals surface area contributed by atoms with E-state index in [1.165, 1.54) is 0 Å². The molecular formula is C13H20N4O. The molecule has 0 bridgehead atoms. The van der Waals surface area contributed by atoms with Gasteiger partial charge < -0.3 is 4.42 Å². The molecule has 18 heavy (non-hydrogen) atoms. The molecule has 98 valence electrons. The van der Waals surface area contributed by atoms with Gasteiger partial charge in [0.1, 0.15) is 5.76 Å². The summed E-state index contributed by atoms with van der Waals surface area (Å²) in [7, 11) is 0. The van der Waals surface area contributed by atoms with Gasteiger partial charge in [0, 0.05) is 30.3 Å². The van der Waals surface area contributed by atoms with Gasteiger partial charge in [-0.2, -0.15) is 5.10 Å². The number of nitrogens with two attached hydrogens (primary N) is 1. The molecule has 1 atom stereocenters. The molecule has 5 heteroatoms. The molecule has 2 heterocycles. The third-order valence-electron chi connectivity index (χ3n) is 3.02. The van der Waals surface area contributed by atoms with Gasteiger partial charge in [0.2, 0.25) is 0 Å². The van der Waals surface area contributed by atoms with Crippen molar-refractivity contribution in [1.82, 2.24) is 15.2 Å². The number of aryl methyl sites for hydroxylation is 2. The fourth-order valence-electron chi connectivity index (χ4n) is 2.14. The topological polar surface area (TPSA) is 69.0 Å². The lowest BCUT2D eigenvalue weighted by Gasteiger charge is -2.13. The highest BCUT2D eigenvalue weighted by molar-refractivity contribution is 5.30. The minimum atomic E-state index is -0.0655. The van der Waals surface area contributed by atoms with Crippen LogP contribution in [0, 0.1) is 0 Å². The Morgan fingerprint density at radius 2 is 2.33 bits per heavy atom. The molecule has 0 aliphatic heterocycles. The van der Waals surface area contributed by atoms with E-state index in [-0.39, 0.29) is 6.04 Å². The van der Waals surface area contributed by atoms with Gasteiger partial charge in [-0.15, -0.1) is 0 Å². The van der Waals surface area contributed by atoms with Crippen LogP contribution in [0.15, 0.2) is 29.1 Å². The summed E-state index contributed by atoms with van der Waals surface area (Å²) in [5.74, 6) is 6.63. The van der Waals surface area contributed by atoms with Crippen LogP contribution in [-0.2, 0) is 13.0 Å². The van der Waals surface area contributed by atoms with E-state index in [0.29, 0.717) is 0 Å². The number of hydrogen-bond donors (Lipinski definition) is 2. The Labute approximate surface area is 107 Å². The minimum absolute atomic E-state index is 0.0655. The molecule has 0 fully saturated rings. The van der Waals surface area contributed by atoms with Gasteiger partial charge in [-0.25, -0.2) is 5.43 Å². The molecular weight excluding hydrogens is 228 g/mol. The molecule has 3 N–H and O–H groups in total. The van der Waals surface area contributed by atoms with Crippen LogP contribution in [0.2, 0.25) is 0 Å². The van der Waals surface area contributed by atoms with Gasteiger partial charge in [-0.05, 0) is 12.5 Å². The van der Waals surface area contributed by atoms with Gasteiger partial charge in [0.25, 0.3) is 0 Å². The fourth-order valence-corrected chi connectivity index (χ4v) is 2.14. The molecule has 2 rings (SSSR count). The molecule has 2 aromatic heterocycles. The van der Waals surface area contributed by atoms with Crippen LogP contribution in [0.5, 0.6) is 0 Å². The van der Waals surface area contributed by atoms with E-state index in [1.54, 1.807) is 6.26 Å². The first-order chi connectivity index (χ1) is 8.80. The maximum absolute atomic E-state index is 5.67. The molecule has 0 amide bonds. The Morgan fingerprint density at radius 1 is 1.50 bits per heavy atom. The van der Waals surface area contributed by atoms with Crippen molar-refractivity contribution in [2.24, 2.45) is 5.84 Å². The maximum Gasteiger partial charge on any atom is 0.108 e. The molecule has 0 aromatic carbocycles. The Kier molecular flexibility index (Phi) is 4.17. The van der Waals surface area contributed by atoms with E-state index < -0.39 is 0 Å². The van der Waals surface area contributed by atoms with Gasteiger partial charge in [0.05, 0.1) is 18.5 Å². The zero-order chi connectivity index (χ0) is 13.0. The van der Waals surface area contributed by atoms with Crippen molar-refractivity contribution >= 4 is 0 Å². The highest BCUT2D eigenvalue weighted by atomic mass is 16.3. The Morgan fingerprint density at radius 3 is 3.00 bits per heavy atom. The summed E-state index contributed by atoms with van der Waals surface area (Å²) in [6.07, 6.45) is 7.50. The summed E-state index contributed by atoms with van der Waals surface area (Å²) in [5, 5.41) is 4.33. The third-order valence-corrected chi connectivity index (χ3v) is 3.02. The van der Waals surface area contributed by atoms with E-state index >= 15 is 0 Å². The van der Waals surface area contributed by atoms with E-state index in [9.17, 15) is 0 Å². The number of nitrogens with one attached hydrogen (secondary N) is 1. The van der Waals surface area contributed by atoms with Gasteiger partial charge in [-0.1, -0.05) is 13.8 Å². The first-order valence-electron chi connectivity index (χ1n) is 6.34.